The molecule has 0 heteroatoms. The highest BCUT2D eigenvalue weighted by Gasteiger charge is 2.36. The molecule has 54 heavy (non-hydrogen) atoms. The van der Waals surface area contributed by atoms with Crippen LogP contribution in [0.5, 0.6) is 0 Å². The molecule has 0 nitrogen and oxygen atoms in total. The summed E-state index contributed by atoms with van der Waals surface area (Å²) in [5.41, 5.74) is 18.3. The molecule has 0 fully saturated rings. The van der Waals surface area contributed by atoms with Crippen molar-refractivity contribution >= 4 is 32.3 Å². The van der Waals surface area contributed by atoms with Gasteiger partial charge in [-0.3, -0.25) is 0 Å². The number of hydrogen-bond acceptors (Lipinski definition) is 0. The molecule has 0 spiro atoms. The summed E-state index contributed by atoms with van der Waals surface area (Å²) in [5.74, 6) is 0. The molecule has 0 bridgehead atoms. The number of rotatable bonds is 3. The first-order chi connectivity index (χ1) is 26.3. The monoisotopic (exact) mass is 688 g/mol. The van der Waals surface area contributed by atoms with Gasteiger partial charge < -0.3 is 0 Å². The maximum Gasteiger partial charge on any atom is 0.0159 e. The second-order valence-corrected chi connectivity index (χ2v) is 16.5. The fourth-order valence-corrected chi connectivity index (χ4v) is 9.98. The molecule has 0 aromatic heterocycles. The van der Waals surface area contributed by atoms with Crippen molar-refractivity contribution < 1.29 is 0 Å². The van der Waals surface area contributed by atoms with Crippen molar-refractivity contribution in [1.29, 1.82) is 0 Å². The van der Waals surface area contributed by atoms with E-state index >= 15 is 0 Å². The van der Waals surface area contributed by atoms with Crippen molar-refractivity contribution in [2.24, 2.45) is 0 Å². The summed E-state index contributed by atoms with van der Waals surface area (Å²) < 4.78 is 0. The van der Waals surface area contributed by atoms with E-state index in [0.717, 1.165) is 0 Å². The molecule has 9 aromatic carbocycles. The van der Waals surface area contributed by atoms with Crippen molar-refractivity contribution in [3.8, 4) is 55.6 Å². The molecular weight excluding hydrogens is 649 g/mol. The van der Waals surface area contributed by atoms with Crippen molar-refractivity contribution in [3.63, 3.8) is 0 Å². The molecule has 0 saturated carbocycles. The van der Waals surface area contributed by atoms with Gasteiger partial charge in [0.05, 0.1) is 0 Å². The van der Waals surface area contributed by atoms with Crippen LogP contribution in [0.1, 0.15) is 49.9 Å². The highest BCUT2D eigenvalue weighted by atomic mass is 14.4. The van der Waals surface area contributed by atoms with Gasteiger partial charge in [0, 0.05) is 10.8 Å². The third-order valence-corrected chi connectivity index (χ3v) is 12.8. The van der Waals surface area contributed by atoms with E-state index in [1.165, 1.54) is 110 Å². The van der Waals surface area contributed by atoms with Gasteiger partial charge in [0.25, 0.3) is 0 Å². The molecule has 2 aliphatic rings. The van der Waals surface area contributed by atoms with Gasteiger partial charge in [0.15, 0.2) is 0 Å². The summed E-state index contributed by atoms with van der Waals surface area (Å²) >= 11 is 0. The van der Waals surface area contributed by atoms with Gasteiger partial charge in [-0.2, -0.15) is 0 Å². The Balaban J connectivity index is 1.13. The van der Waals surface area contributed by atoms with Crippen molar-refractivity contribution in [1.82, 2.24) is 0 Å². The highest BCUT2D eigenvalue weighted by molar-refractivity contribution is 6.25. The Morgan fingerprint density at radius 3 is 1.04 bits per heavy atom. The van der Waals surface area contributed by atoms with E-state index in [4.69, 9.17) is 0 Å². The fourth-order valence-electron chi connectivity index (χ4n) is 9.98. The van der Waals surface area contributed by atoms with Crippen LogP contribution in [0.25, 0.3) is 88.0 Å². The van der Waals surface area contributed by atoms with Crippen LogP contribution in [0.3, 0.4) is 0 Å². The number of fused-ring (bicyclic) bond motifs is 12. The zero-order valence-electron chi connectivity index (χ0n) is 31.2. The van der Waals surface area contributed by atoms with Gasteiger partial charge in [-0.05, 0) is 147 Å². The molecule has 0 saturated heterocycles. The predicted octanol–water partition coefficient (Wildman–Crippen LogP) is 14.8. The van der Waals surface area contributed by atoms with E-state index in [0.29, 0.717) is 0 Å². The number of hydrogen-bond donors (Lipinski definition) is 0. The normalized spacial score (nSPS) is 14.6. The Labute approximate surface area is 317 Å². The first-order valence-corrected chi connectivity index (χ1v) is 19.3. The lowest BCUT2D eigenvalue weighted by Crippen LogP contribution is -2.15. The van der Waals surface area contributed by atoms with E-state index in [-0.39, 0.29) is 10.8 Å². The van der Waals surface area contributed by atoms with Gasteiger partial charge in [-0.1, -0.05) is 161 Å². The van der Waals surface area contributed by atoms with Crippen LogP contribution in [0.2, 0.25) is 0 Å². The van der Waals surface area contributed by atoms with E-state index in [1.807, 2.05) is 0 Å². The van der Waals surface area contributed by atoms with Crippen LogP contribution in [-0.2, 0) is 10.8 Å². The molecule has 0 heterocycles. The Morgan fingerprint density at radius 1 is 0.241 bits per heavy atom. The fraction of sp³-hybridized carbons (Fsp3) is 0.111. The summed E-state index contributed by atoms with van der Waals surface area (Å²) in [6, 6.07) is 64.2. The smallest absolute Gasteiger partial charge is 0.0159 e. The summed E-state index contributed by atoms with van der Waals surface area (Å²) in [6.45, 7) is 9.49. The second-order valence-electron chi connectivity index (χ2n) is 16.5. The topological polar surface area (TPSA) is 0 Å². The summed E-state index contributed by atoms with van der Waals surface area (Å²) in [4.78, 5) is 0. The van der Waals surface area contributed by atoms with Crippen LogP contribution >= 0.6 is 0 Å². The Morgan fingerprint density at radius 2 is 0.574 bits per heavy atom. The third-order valence-electron chi connectivity index (χ3n) is 12.8. The molecule has 0 radical (unpaired) electrons. The predicted molar refractivity (Wildman–Crippen MR) is 230 cm³/mol. The molecule has 256 valence electrons. The standard InChI is InChI=1S/C54H40/c1-53(2)49-19-11-9-17-44(49)46-25-22-34(31-51(46)53)37-27-36(28-38(29-37)35-23-26-47-45-18-10-12-20-50(45)54(3,4)52(47)32-35)33-21-24-43-41-15-6-5-13-39(41)40-14-7-8-16-42(40)48(43)30-33/h5-32H,1-4H3. The minimum Gasteiger partial charge on any atom is -0.0619 e. The summed E-state index contributed by atoms with van der Waals surface area (Å²) in [7, 11) is 0. The Bertz CT molecular complexity index is 2880. The average Bonchev–Trinajstić information content (AvgIpc) is 3.59. The molecule has 2 aliphatic carbocycles. The SMILES string of the molecule is CC1(C)c2ccccc2-c2ccc(-c3cc(-c4ccc5c(c4)C(C)(C)c4ccccc4-5)cc(-c4ccc5c6ccccc6c6ccccc6c5c4)c3)cc21. The molecule has 0 atom stereocenters. The highest BCUT2D eigenvalue weighted by Crippen LogP contribution is 2.51. The first kappa shape index (κ1) is 31.3. The molecule has 0 unspecified atom stereocenters. The maximum absolute atomic E-state index is 2.46. The zero-order chi connectivity index (χ0) is 36.3. The molecular formula is C54H40. The zero-order valence-corrected chi connectivity index (χ0v) is 31.2. The van der Waals surface area contributed by atoms with Crippen LogP contribution in [-0.4, -0.2) is 0 Å². The lowest BCUT2D eigenvalue weighted by atomic mass is 9.81. The lowest BCUT2D eigenvalue weighted by molar-refractivity contribution is 0.660. The van der Waals surface area contributed by atoms with Crippen LogP contribution in [0.4, 0.5) is 0 Å². The maximum atomic E-state index is 2.46. The largest absolute Gasteiger partial charge is 0.0619 e. The van der Waals surface area contributed by atoms with Crippen molar-refractivity contribution in [3.05, 3.63) is 192 Å². The van der Waals surface area contributed by atoms with Gasteiger partial charge in [-0.15, -0.1) is 0 Å². The molecule has 9 aromatic rings. The van der Waals surface area contributed by atoms with E-state index in [1.54, 1.807) is 0 Å². The third kappa shape index (κ3) is 4.37. The molecule has 0 N–H and O–H groups in total. The van der Waals surface area contributed by atoms with Crippen molar-refractivity contribution in [2.75, 3.05) is 0 Å². The number of benzene rings is 9. The van der Waals surface area contributed by atoms with Crippen molar-refractivity contribution in [2.45, 2.75) is 38.5 Å². The van der Waals surface area contributed by atoms with Gasteiger partial charge >= 0.3 is 0 Å². The Hall–Kier alpha value is -6.24. The first-order valence-electron chi connectivity index (χ1n) is 19.3. The minimum atomic E-state index is -0.0644. The quantitative estimate of drug-likeness (QED) is 0.162. The summed E-state index contributed by atoms with van der Waals surface area (Å²) in [6.07, 6.45) is 0. The van der Waals surface area contributed by atoms with E-state index in [9.17, 15) is 0 Å². The second kappa shape index (κ2) is 11.1. The minimum absolute atomic E-state index is 0.0644. The van der Waals surface area contributed by atoms with Gasteiger partial charge in [-0.25, -0.2) is 0 Å². The molecule has 11 rings (SSSR count). The molecule has 0 amide bonds. The van der Waals surface area contributed by atoms with E-state index in [2.05, 4.69) is 198 Å². The summed E-state index contributed by atoms with van der Waals surface area (Å²) in [5, 5.41) is 7.80. The van der Waals surface area contributed by atoms with Gasteiger partial charge in [0.2, 0.25) is 0 Å². The Kier molecular flexibility index (Phi) is 6.46. The van der Waals surface area contributed by atoms with E-state index < -0.39 is 0 Å². The van der Waals surface area contributed by atoms with Crippen LogP contribution in [0.15, 0.2) is 170 Å². The van der Waals surface area contributed by atoms with Gasteiger partial charge in [0.1, 0.15) is 0 Å². The molecule has 0 aliphatic heterocycles. The van der Waals surface area contributed by atoms with Crippen LogP contribution in [0, 0.1) is 0 Å². The van der Waals surface area contributed by atoms with Crippen LogP contribution < -0.4 is 0 Å². The lowest BCUT2D eigenvalue weighted by Gasteiger charge is -2.22. The average molecular weight is 689 g/mol.